The van der Waals surface area contributed by atoms with Crippen molar-refractivity contribution in [2.45, 2.75) is 18.8 Å². The maximum absolute atomic E-state index is 13.0. The largest absolute Gasteiger partial charge is 0.361 e. The van der Waals surface area contributed by atoms with E-state index >= 15 is 0 Å². The molecule has 2 amide bonds. The summed E-state index contributed by atoms with van der Waals surface area (Å²) in [5.41, 5.74) is 4.11. The third-order valence-electron chi connectivity index (χ3n) is 5.52. The number of para-hydroxylation sites is 2. The van der Waals surface area contributed by atoms with Crippen molar-refractivity contribution < 1.29 is 9.59 Å². The van der Waals surface area contributed by atoms with E-state index in [1.165, 1.54) is 4.90 Å². The SMILES string of the molecule is O=C1C[C@@H](c2c[nH]c3ccccc23)C(=O)N1CCc1c[nH]c2ccccc12. The van der Waals surface area contributed by atoms with Crippen molar-refractivity contribution in [1.29, 1.82) is 0 Å². The lowest BCUT2D eigenvalue weighted by molar-refractivity contribution is -0.138. The molecule has 3 heterocycles. The number of amides is 2. The Kier molecular flexibility index (Phi) is 3.60. The highest BCUT2D eigenvalue weighted by Gasteiger charge is 2.40. The molecule has 1 aliphatic heterocycles. The molecule has 0 radical (unpaired) electrons. The van der Waals surface area contributed by atoms with Gasteiger partial charge in [0.1, 0.15) is 0 Å². The summed E-state index contributed by atoms with van der Waals surface area (Å²) in [6, 6.07) is 16.0. The summed E-state index contributed by atoms with van der Waals surface area (Å²) in [4.78, 5) is 33.4. The van der Waals surface area contributed by atoms with Crippen LogP contribution in [0, 0.1) is 0 Å². The Morgan fingerprint density at radius 3 is 2.37 bits per heavy atom. The van der Waals surface area contributed by atoms with Crippen LogP contribution in [0.5, 0.6) is 0 Å². The number of aromatic amines is 2. The van der Waals surface area contributed by atoms with E-state index in [0.29, 0.717) is 13.0 Å². The number of carbonyl (C=O) groups is 2. The van der Waals surface area contributed by atoms with Gasteiger partial charge in [-0.1, -0.05) is 36.4 Å². The first kappa shape index (κ1) is 15.9. The van der Waals surface area contributed by atoms with Gasteiger partial charge < -0.3 is 9.97 Å². The van der Waals surface area contributed by atoms with Gasteiger partial charge in [-0.3, -0.25) is 14.5 Å². The van der Waals surface area contributed by atoms with Gasteiger partial charge in [0.05, 0.1) is 5.92 Å². The molecule has 2 aromatic carbocycles. The third kappa shape index (κ3) is 2.54. The molecule has 4 aromatic rings. The van der Waals surface area contributed by atoms with Crippen LogP contribution >= 0.6 is 0 Å². The fourth-order valence-electron chi connectivity index (χ4n) is 4.11. The predicted octanol–water partition coefficient (Wildman–Crippen LogP) is 3.73. The average Bonchev–Trinajstić information content (AvgIpc) is 3.37. The van der Waals surface area contributed by atoms with Crippen LogP contribution in [0.15, 0.2) is 60.9 Å². The molecular formula is C22H19N3O2. The van der Waals surface area contributed by atoms with Crippen LogP contribution in [0.2, 0.25) is 0 Å². The zero-order valence-electron chi connectivity index (χ0n) is 14.7. The zero-order chi connectivity index (χ0) is 18.4. The molecule has 5 heteroatoms. The summed E-state index contributed by atoms with van der Waals surface area (Å²) in [5, 5.41) is 2.16. The van der Waals surface area contributed by atoms with Gasteiger partial charge in [0.2, 0.25) is 11.8 Å². The molecule has 5 nitrogen and oxygen atoms in total. The maximum atomic E-state index is 13.0. The van der Waals surface area contributed by atoms with Crippen LogP contribution in [0.3, 0.4) is 0 Å². The van der Waals surface area contributed by atoms with Gasteiger partial charge in [0.15, 0.2) is 0 Å². The molecule has 2 N–H and O–H groups in total. The molecular weight excluding hydrogens is 338 g/mol. The zero-order valence-corrected chi connectivity index (χ0v) is 14.7. The standard InChI is InChI=1S/C22H19N3O2/c26-21-11-17(18-13-24-20-8-4-2-6-16(18)20)22(27)25(21)10-9-14-12-23-19-7-3-1-5-15(14)19/h1-8,12-13,17,23-24H,9-11H2/t17-/m0/s1. The van der Waals surface area contributed by atoms with Gasteiger partial charge in [-0.05, 0) is 29.7 Å². The number of nitrogens with zero attached hydrogens (tertiary/aromatic N) is 1. The van der Waals surface area contributed by atoms with Crippen LogP contribution in [0.4, 0.5) is 0 Å². The summed E-state index contributed by atoms with van der Waals surface area (Å²) in [6.07, 6.45) is 4.73. The molecule has 0 saturated carbocycles. The first-order chi connectivity index (χ1) is 13.2. The number of aromatic nitrogens is 2. The number of carbonyl (C=O) groups excluding carboxylic acids is 2. The monoisotopic (exact) mass is 357 g/mol. The summed E-state index contributed by atoms with van der Waals surface area (Å²) >= 11 is 0. The Hall–Kier alpha value is -3.34. The molecule has 27 heavy (non-hydrogen) atoms. The van der Waals surface area contributed by atoms with Crippen LogP contribution in [0.1, 0.15) is 23.5 Å². The molecule has 1 saturated heterocycles. The number of likely N-dealkylation sites (tertiary alicyclic amines) is 1. The van der Waals surface area contributed by atoms with Crippen molar-refractivity contribution >= 4 is 33.6 Å². The molecule has 0 unspecified atom stereocenters. The van der Waals surface area contributed by atoms with E-state index in [9.17, 15) is 9.59 Å². The number of benzene rings is 2. The van der Waals surface area contributed by atoms with Crippen LogP contribution in [-0.2, 0) is 16.0 Å². The Bertz CT molecular complexity index is 1170. The first-order valence-corrected chi connectivity index (χ1v) is 9.17. The van der Waals surface area contributed by atoms with Crippen molar-refractivity contribution in [2.75, 3.05) is 6.54 Å². The smallest absolute Gasteiger partial charge is 0.237 e. The molecule has 1 atom stereocenters. The Morgan fingerprint density at radius 1 is 0.889 bits per heavy atom. The van der Waals surface area contributed by atoms with Gasteiger partial charge in [-0.2, -0.15) is 0 Å². The maximum Gasteiger partial charge on any atom is 0.237 e. The molecule has 0 spiro atoms. The summed E-state index contributed by atoms with van der Waals surface area (Å²) in [5.74, 6) is -0.573. The van der Waals surface area contributed by atoms with Gasteiger partial charge in [-0.15, -0.1) is 0 Å². The molecule has 5 rings (SSSR count). The number of hydrogen-bond donors (Lipinski definition) is 2. The van der Waals surface area contributed by atoms with Gasteiger partial charge >= 0.3 is 0 Å². The van der Waals surface area contributed by atoms with Crippen molar-refractivity contribution in [1.82, 2.24) is 14.9 Å². The van der Waals surface area contributed by atoms with Crippen molar-refractivity contribution in [3.05, 3.63) is 72.1 Å². The van der Waals surface area contributed by atoms with Crippen molar-refractivity contribution in [2.24, 2.45) is 0 Å². The normalized spacial score (nSPS) is 17.5. The van der Waals surface area contributed by atoms with Gasteiger partial charge in [0, 0.05) is 47.2 Å². The lowest BCUT2D eigenvalue weighted by atomic mass is 9.97. The lowest BCUT2D eigenvalue weighted by Crippen LogP contribution is -2.32. The minimum Gasteiger partial charge on any atom is -0.361 e. The topological polar surface area (TPSA) is 69.0 Å². The van der Waals surface area contributed by atoms with Crippen molar-refractivity contribution in [3.8, 4) is 0 Å². The Morgan fingerprint density at radius 2 is 1.56 bits per heavy atom. The molecule has 1 aliphatic rings. The number of rotatable bonds is 4. The first-order valence-electron chi connectivity index (χ1n) is 9.17. The van der Waals surface area contributed by atoms with Crippen LogP contribution in [0.25, 0.3) is 21.8 Å². The van der Waals surface area contributed by atoms with E-state index in [1.807, 2.05) is 54.9 Å². The number of hydrogen-bond acceptors (Lipinski definition) is 2. The summed E-state index contributed by atoms with van der Waals surface area (Å²) < 4.78 is 0. The van der Waals surface area contributed by atoms with E-state index < -0.39 is 5.92 Å². The second-order valence-electron chi connectivity index (χ2n) is 7.04. The third-order valence-corrected chi connectivity index (χ3v) is 5.52. The van der Waals surface area contributed by atoms with E-state index in [-0.39, 0.29) is 18.2 Å². The van der Waals surface area contributed by atoms with Crippen LogP contribution in [-0.4, -0.2) is 33.2 Å². The summed E-state index contributed by atoms with van der Waals surface area (Å²) in [7, 11) is 0. The fourth-order valence-corrected chi connectivity index (χ4v) is 4.11. The van der Waals surface area contributed by atoms with E-state index in [4.69, 9.17) is 0 Å². The summed E-state index contributed by atoms with van der Waals surface area (Å²) in [6.45, 7) is 0.415. The van der Waals surface area contributed by atoms with E-state index in [2.05, 4.69) is 16.0 Å². The lowest BCUT2D eigenvalue weighted by Gasteiger charge is -2.14. The number of H-pyrrole nitrogens is 2. The minimum absolute atomic E-state index is 0.0878. The minimum atomic E-state index is -0.392. The Labute approximate surface area is 156 Å². The number of fused-ring (bicyclic) bond motifs is 2. The second kappa shape index (κ2) is 6.13. The van der Waals surface area contributed by atoms with E-state index in [0.717, 1.165) is 32.9 Å². The second-order valence-corrected chi connectivity index (χ2v) is 7.04. The highest BCUT2D eigenvalue weighted by Crippen LogP contribution is 2.34. The predicted molar refractivity (Wildman–Crippen MR) is 104 cm³/mol. The molecule has 0 aliphatic carbocycles. The molecule has 0 bridgehead atoms. The highest BCUT2D eigenvalue weighted by molar-refractivity contribution is 6.08. The fraction of sp³-hybridized carbons (Fsp3) is 0.182. The highest BCUT2D eigenvalue weighted by atomic mass is 16.2. The average molecular weight is 357 g/mol. The van der Waals surface area contributed by atoms with E-state index in [1.54, 1.807) is 0 Å². The van der Waals surface area contributed by atoms with Gasteiger partial charge in [0.25, 0.3) is 0 Å². The van der Waals surface area contributed by atoms with Gasteiger partial charge in [-0.25, -0.2) is 0 Å². The molecule has 134 valence electrons. The number of imide groups is 1. The molecule has 1 fully saturated rings. The Balaban J connectivity index is 1.38. The molecule has 2 aromatic heterocycles. The van der Waals surface area contributed by atoms with Crippen LogP contribution < -0.4 is 0 Å². The quantitative estimate of drug-likeness (QED) is 0.546. The number of nitrogens with one attached hydrogen (secondary N) is 2. The van der Waals surface area contributed by atoms with Crippen molar-refractivity contribution in [3.63, 3.8) is 0 Å².